The lowest BCUT2D eigenvalue weighted by Gasteiger charge is -2.24. The summed E-state index contributed by atoms with van der Waals surface area (Å²) in [5.41, 5.74) is 1.89. The summed E-state index contributed by atoms with van der Waals surface area (Å²) >= 11 is 1.19. The Labute approximate surface area is 191 Å². The quantitative estimate of drug-likeness (QED) is 0.518. The molecule has 0 saturated carbocycles. The molecule has 1 aliphatic heterocycles. The minimum atomic E-state index is -2.91. The van der Waals surface area contributed by atoms with E-state index >= 15 is 0 Å². The van der Waals surface area contributed by atoms with E-state index in [1.54, 1.807) is 32.1 Å². The van der Waals surface area contributed by atoms with Crippen LogP contribution in [0.2, 0.25) is 0 Å². The first kappa shape index (κ1) is 22.6. The average molecular weight is 470 g/mol. The lowest BCUT2D eigenvalue weighted by Crippen LogP contribution is -2.39. The van der Waals surface area contributed by atoms with Gasteiger partial charge in [0.25, 0.3) is 5.56 Å². The highest BCUT2D eigenvalue weighted by atomic mass is 32.1. The van der Waals surface area contributed by atoms with Gasteiger partial charge in [-0.15, -0.1) is 0 Å². The van der Waals surface area contributed by atoms with Crippen molar-refractivity contribution in [1.82, 2.24) is 4.57 Å². The monoisotopic (exact) mass is 470 g/mol. The number of allylic oxidation sites excluding steroid dienone is 1. The van der Waals surface area contributed by atoms with Gasteiger partial charge in [-0.25, -0.2) is 9.79 Å². The van der Waals surface area contributed by atoms with E-state index in [0.29, 0.717) is 26.2 Å². The second kappa shape index (κ2) is 9.50. The number of rotatable bonds is 6. The molecule has 9 heteroatoms. The molecule has 170 valence electrons. The largest absolute Gasteiger partial charge is 0.463 e. The van der Waals surface area contributed by atoms with Crippen LogP contribution in [0.1, 0.15) is 31.0 Å². The van der Waals surface area contributed by atoms with Gasteiger partial charge in [0.15, 0.2) is 4.80 Å². The third kappa shape index (κ3) is 4.63. The van der Waals surface area contributed by atoms with Gasteiger partial charge in [0.05, 0.1) is 28.5 Å². The number of esters is 1. The van der Waals surface area contributed by atoms with Crippen molar-refractivity contribution < 1.29 is 23.0 Å². The molecule has 0 spiro atoms. The number of benzene rings is 2. The zero-order valence-electron chi connectivity index (χ0n) is 17.8. The van der Waals surface area contributed by atoms with E-state index in [4.69, 9.17) is 4.74 Å². The fourth-order valence-corrected chi connectivity index (χ4v) is 4.69. The van der Waals surface area contributed by atoms with E-state index in [0.717, 1.165) is 5.56 Å². The van der Waals surface area contributed by atoms with E-state index in [9.17, 15) is 18.4 Å². The zero-order chi connectivity index (χ0) is 23.5. The molecule has 1 aliphatic rings. The molecule has 1 atom stereocenters. The first-order chi connectivity index (χ1) is 15.9. The van der Waals surface area contributed by atoms with Crippen LogP contribution in [0.3, 0.4) is 0 Å². The standard InChI is InChI=1S/C24H20F2N2O4S/c1-3-31-22(30)19-14(2)27-24-28(20(19)16-7-5-4-6-8-16)21(29)18(33-24)13-15-9-11-17(12-10-15)32-23(25)26/h4-13,20,23H,3H2,1-2H3/b18-13-/t20-/m1/s1. The summed E-state index contributed by atoms with van der Waals surface area (Å²) in [6, 6.07) is 14.5. The van der Waals surface area contributed by atoms with Gasteiger partial charge < -0.3 is 9.47 Å². The second-order valence-corrected chi connectivity index (χ2v) is 8.17. The number of halogens is 2. The molecule has 0 fully saturated rings. The number of hydrogen-bond acceptors (Lipinski definition) is 6. The molecular formula is C24H20F2N2O4S. The number of carbonyl (C=O) groups excluding carboxylic acids is 1. The molecule has 6 nitrogen and oxygen atoms in total. The molecule has 0 aliphatic carbocycles. The summed E-state index contributed by atoms with van der Waals surface area (Å²) in [6.45, 7) is 0.737. The number of aromatic nitrogens is 1. The van der Waals surface area contributed by atoms with Gasteiger partial charge in [0.2, 0.25) is 0 Å². The summed E-state index contributed by atoms with van der Waals surface area (Å²) in [4.78, 5) is 31.2. The van der Waals surface area contributed by atoms with Gasteiger partial charge in [0, 0.05) is 0 Å². The lowest BCUT2D eigenvalue weighted by atomic mass is 9.96. The second-order valence-electron chi connectivity index (χ2n) is 7.16. The summed E-state index contributed by atoms with van der Waals surface area (Å²) in [6.07, 6.45) is 1.65. The third-order valence-electron chi connectivity index (χ3n) is 5.04. The Morgan fingerprint density at radius 3 is 2.52 bits per heavy atom. The van der Waals surface area contributed by atoms with E-state index in [1.165, 1.54) is 28.0 Å². The van der Waals surface area contributed by atoms with Crippen molar-refractivity contribution in [2.75, 3.05) is 6.61 Å². The first-order valence-electron chi connectivity index (χ1n) is 10.2. The van der Waals surface area contributed by atoms with Crippen LogP contribution < -0.4 is 19.6 Å². The fraction of sp³-hybridized carbons (Fsp3) is 0.208. The molecule has 0 radical (unpaired) electrons. The normalized spacial score (nSPS) is 15.9. The fourth-order valence-electron chi connectivity index (χ4n) is 3.64. The minimum absolute atomic E-state index is 0.0300. The van der Waals surface area contributed by atoms with Crippen LogP contribution in [-0.4, -0.2) is 23.8 Å². The highest BCUT2D eigenvalue weighted by Crippen LogP contribution is 2.30. The molecule has 33 heavy (non-hydrogen) atoms. The van der Waals surface area contributed by atoms with Crippen LogP contribution in [0, 0.1) is 0 Å². The van der Waals surface area contributed by atoms with Gasteiger partial charge in [-0.05, 0) is 43.2 Å². The Hall–Kier alpha value is -3.59. The molecule has 0 unspecified atom stereocenters. The molecular weight excluding hydrogens is 450 g/mol. The SMILES string of the molecule is CCOC(=O)C1=C(C)N=c2s/c(=C\c3ccc(OC(F)F)cc3)c(=O)n2[C@@H]1c1ccccc1. The third-order valence-corrected chi connectivity index (χ3v) is 6.02. The van der Waals surface area contributed by atoms with E-state index in [1.807, 2.05) is 30.3 Å². The van der Waals surface area contributed by atoms with Crippen LogP contribution >= 0.6 is 11.3 Å². The zero-order valence-corrected chi connectivity index (χ0v) is 18.6. The van der Waals surface area contributed by atoms with Crippen molar-refractivity contribution in [1.29, 1.82) is 0 Å². The molecule has 2 aromatic carbocycles. The summed E-state index contributed by atoms with van der Waals surface area (Å²) < 4.78 is 36.3. The van der Waals surface area contributed by atoms with E-state index in [2.05, 4.69) is 9.73 Å². The Morgan fingerprint density at radius 1 is 1.18 bits per heavy atom. The van der Waals surface area contributed by atoms with Crippen LogP contribution in [0.4, 0.5) is 8.78 Å². The number of fused-ring (bicyclic) bond motifs is 1. The smallest absolute Gasteiger partial charge is 0.387 e. The number of alkyl halides is 2. The number of nitrogens with zero attached hydrogens (tertiary/aromatic N) is 2. The van der Waals surface area contributed by atoms with Crippen molar-refractivity contribution in [2.24, 2.45) is 4.99 Å². The molecule has 4 rings (SSSR count). The number of hydrogen-bond donors (Lipinski definition) is 0. The number of carbonyl (C=O) groups is 1. The van der Waals surface area contributed by atoms with Crippen molar-refractivity contribution in [2.45, 2.75) is 26.5 Å². The topological polar surface area (TPSA) is 69.9 Å². The maximum Gasteiger partial charge on any atom is 0.387 e. The van der Waals surface area contributed by atoms with Gasteiger partial charge in [-0.2, -0.15) is 8.78 Å². The van der Waals surface area contributed by atoms with Crippen LogP contribution in [0.15, 0.2) is 75.7 Å². The van der Waals surface area contributed by atoms with Gasteiger partial charge in [-0.3, -0.25) is 9.36 Å². The highest BCUT2D eigenvalue weighted by molar-refractivity contribution is 7.07. The Morgan fingerprint density at radius 2 is 1.88 bits per heavy atom. The average Bonchev–Trinajstić information content (AvgIpc) is 3.09. The number of ether oxygens (including phenoxy) is 2. The Kier molecular flexibility index (Phi) is 6.50. The van der Waals surface area contributed by atoms with Crippen molar-refractivity contribution in [3.63, 3.8) is 0 Å². The van der Waals surface area contributed by atoms with Crippen LogP contribution in [-0.2, 0) is 9.53 Å². The van der Waals surface area contributed by atoms with Gasteiger partial charge in [0.1, 0.15) is 5.75 Å². The van der Waals surface area contributed by atoms with Gasteiger partial charge >= 0.3 is 12.6 Å². The van der Waals surface area contributed by atoms with Crippen LogP contribution in [0.5, 0.6) is 5.75 Å². The molecule has 1 aromatic heterocycles. The molecule has 0 saturated heterocycles. The van der Waals surface area contributed by atoms with Crippen molar-refractivity contribution in [3.05, 3.63) is 96.7 Å². The maximum atomic E-state index is 13.4. The summed E-state index contributed by atoms with van der Waals surface area (Å²) in [7, 11) is 0. The van der Waals surface area contributed by atoms with E-state index < -0.39 is 18.6 Å². The first-order valence-corrected chi connectivity index (χ1v) is 11.0. The maximum absolute atomic E-state index is 13.4. The van der Waals surface area contributed by atoms with Crippen LogP contribution in [0.25, 0.3) is 6.08 Å². The highest BCUT2D eigenvalue weighted by Gasteiger charge is 2.33. The molecule has 0 N–H and O–H groups in total. The summed E-state index contributed by atoms with van der Waals surface area (Å²) in [5.74, 6) is -0.487. The molecule has 3 aromatic rings. The number of thiazole rings is 1. The predicted octanol–water partition coefficient (Wildman–Crippen LogP) is 3.40. The van der Waals surface area contributed by atoms with E-state index in [-0.39, 0.29) is 17.9 Å². The molecule has 2 heterocycles. The predicted molar refractivity (Wildman–Crippen MR) is 120 cm³/mol. The summed E-state index contributed by atoms with van der Waals surface area (Å²) in [5, 5.41) is 0. The minimum Gasteiger partial charge on any atom is -0.463 e. The Balaban J connectivity index is 1.84. The lowest BCUT2D eigenvalue weighted by molar-refractivity contribution is -0.139. The van der Waals surface area contributed by atoms with Crippen molar-refractivity contribution >= 4 is 23.4 Å². The Bertz CT molecular complexity index is 1380. The molecule has 0 bridgehead atoms. The van der Waals surface area contributed by atoms with Crippen molar-refractivity contribution in [3.8, 4) is 5.75 Å². The molecule has 0 amide bonds. The van der Waals surface area contributed by atoms with Gasteiger partial charge in [-0.1, -0.05) is 53.8 Å².